The molecule has 97 heavy (non-hydrogen) atoms. The molecule has 0 fully saturated rings. The third kappa shape index (κ3) is 39.0. The summed E-state index contributed by atoms with van der Waals surface area (Å²) in [4.78, 5) is 21.3. The van der Waals surface area contributed by atoms with Crippen LogP contribution >= 0.6 is 38.9 Å². The first-order valence-corrected chi connectivity index (χ1v) is 34.9. The van der Waals surface area contributed by atoms with E-state index in [4.69, 9.17) is 55.1 Å². The Balaban J connectivity index is 0.00000117. The van der Waals surface area contributed by atoms with Crippen LogP contribution < -0.4 is 30.9 Å². The second kappa shape index (κ2) is 53.6. The Hall–Kier alpha value is -7.38. The molecule has 0 aromatic heterocycles. The maximum Gasteiger partial charge on any atom is 0.675 e. The van der Waals surface area contributed by atoms with E-state index in [0.29, 0.717) is 23.2 Å². The van der Waals surface area contributed by atoms with Crippen molar-refractivity contribution in [1.82, 2.24) is 0 Å². The fourth-order valence-electron chi connectivity index (χ4n) is 7.70. The van der Waals surface area contributed by atoms with Crippen LogP contribution in [0.2, 0.25) is 0 Å². The number of hydrogen-bond acceptors (Lipinski definition) is 17. The van der Waals surface area contributed by atoms with E-state index in [-0.39, 0.29) is 24.9 Å². The molecule has 0 saturated carbocycles. The van der Waals surface area contributed by atoms with Crippen molar-refractivity contribution in [1.29, 1.82) is 15.8 Å². The Morgan fingerprint density at radius 1 is 0.588 bits per heavy atom. The summed E-state index contributed by atoms with van der Waals surface area (Å²) in [5.74, 6) is -3.53. The summed E-state index contributed by atoms with van der Waals surface area (Å²) in [6, 6.07) is 51.7. The van der Waals surface area contributed by atoms with E-state index in [1.807, 2.05) is 0 Å². The average Bonchev–Trinajstić information content (AvgIpc) is 0.859. The Labute approximate surface area is 584 Å². The summed E-state index contributed by atoms with van der Waals surface area (Å²) >= 11 is 2.89. The number of unbranched alkanes of at least 4 members (excludes halogenated alkanes) is 10. The number of aliphatic carboxylic acids is 2. The minimum atomic E-state index is -5.08. The molecule has 19 nitrogen and oxygen atoms in total. The van der Waals surface area contributed by atoms with Crippen LogP contribution in [0.4, 0.5) is 26.3 Å². The van der Waals surface area contributed by atoms with Gasteiger partial charge in [0.2, 0.25) is 0 Å². The maximum atomic E-state index is 13.7. The van der Waals surface area contributed by atoms with Crippen molar-refractivity contribution in [2.45, 2.75) is 112 Å². The zero-order chi connectivity index (χ0) is 71.7. The number of carboxylic acids is 2. The molecule has 2 atom stereocenters. The van der Waals surface area contributed by atoms with E-state index in [1.165, 1.54) is 110 Å². The van der Waals surface area contributed by atoms with E-state index in [2.05, 4.69) is 151 Å². The second-order valence-corrected chi connectivity index (χ2v) is 26.7. The molecule has 4 N–H and O–H groups in total. The van der Waals surface area contributed by atoms with Crippen molar-refractivity contribution < 1.29 is 125 Å². The monoisotopic (exact) mass is 1570 g/mol. The van der Waals surface area contributed by atoms with Crippen LogP contribution in [0.3, 0.4) is 0 Å². The van der Waals surface area contributed by atoms with Gasteiger partial charge in [-0.2, -0.15) is 10.5 Å². The largest absolute Gasteiger partial charge is 0.675 e. The molecule has 0 amide bonds. The van der Waals surface area contributed by atoms with Crippen LogP contribution in [-0.4, -0.2) is 52.5 Å². The molecule has 0 saturated heterocycles. The van der Waals surface area contributed by atoms with Crippen LogP contribution in [0.1, 0.15) is 121 Å². The molecule has 0 aliphatic heterocycles. The number of benzene rings is 7. The van der Waals surface area contributed by atoms with E-state index in [0.717, 1.165) is 63.2 Å². The fraction of sp³-hybridized carbons (Fsp3) is 0.288. The zero-order valence-electron chi connectivity index (χ0n) is 53.3. The number of nitriles is 3. The number of hydrogen-bond donors (Lipinski definition) is 4. The number of carboxylic acid groups (broad SMARTS) is 2. The number of aryl methyl sites for hydroxylation is 1. The smallest absolute Gasteiger partial charge is 0.494 e. The average molecular weight is 1570 g/mol. The minimum absolute atomic E-state index is 0. The third-order valence-electron chi connectivity index (χ3n) is 12.1. The SMILES string of the molecule is CC(=O)O.CC(=O)O.CCCCCCCCOc1ccc(-c2cc(F)c(C#N)c(F)c2)cc1.CCCCCCCCOc1ccc(B(O)O)cc1.Cc1ccccc1P(c1ccccc1)c1ccccc1.N#COOOP(=O)(OOOF)[P+](=O)F.N#Cc1c(F)cc(Br)cc1F.[Pd]. The van der Waals surface area contributed by atoms with Gasteiger partial charge in [0.15, 0.2) is 0 Å². The van der Waals surface area contributed by atoms with Crippen molar-refractivity contribution in [2.24, 2.45) is 0 Å². The molecule has 7 aromatic carbocycles. The van der Waals surface area contributed by atoms with Gasteiger partial charge in [-0.3, -0.25) is 9.59 Å². The predicted octanol–water partition coefficient (Wildman–Crippen LogP) is 16.8. The van der Waals surface area contributed by atoms with Gasteiger partial charge >= 0.3 is 28.5 Å². The third-order valence-corrected chi connectivity index (χ3v) is 17.6. The number of halogens is 7. The Bertz CT molecular complexity index is 3470. The van der Waals surface area contributed by atoms with Gasteiger partial charge < -0.3 is 29.7 Å². The van der Waals surface area contributed by atoms with Crippen LogP contribution in [-0.2, 0) is 68.5 Å². The summed E-state index contributed by atoms with van der Waals surface area (Å²) in [5, 5.41) is 70.1. The first-order valence-electron chi connectivity index (χ1n) is 29.3. The molecule has 0 heterocycles. The summed E-state index contributed by atoms with van der Waals surface area (Å²) < 4.78 is 115. The first kappa shape index (κ1) is 89.6. The maximum absolute atomic E-state index is 13.7. The molecular weight excluding hydrogens is 1490 g/mol. The van der Waals surface area contributed by atoms with Crippen LogP contribution in [0.25, 0.3) is 11.1 Å². The van der Waals surface area contributed by atoms with Gasteiger partial charge in [-0.05, 0) is 128 Å². The van der Waals surface area contributed by atoms with Gasteiger partial charge in [0.05, 0.1) is 17.4 Å². The quantitative estimate of drug-likeness (QED) is 0.00674. The Morgan fingerprint density at radius 2 is 0.969 bits per heavy atom. The molecule has 31 heteroatoms. The standard InChI is InChI=1S/C21H23F2NO.C19H17P.C14H23BO3.C7H2BrF2N.2C2H4O2.CF2NO8P2.Pd/c1-2-3-4-5-6-7-12-25-18-10-8-16(9-11-18)17-13-20(22)19(15-24)21(23)14-17;1-16-10-8-9-15-19(16)20(17-11-4-2-5-12-17)18-13-6-3-7-14-18;1-2-3-4-5-6-7-12-18-14-10-8-13(9-11-14)15(16)17;8-4-1-6(9)5(3-11)7(10)2-4;2*1-2(3)4;2-8-10-12-14(6,13(3)5)11-9-7-1-4;/h8-11,13-14H,2-7,12H2,1H3;2-15H,1H3;8-11,16-17H,2-7,12H2,1H3;1-2H;2*1H3,(H,3,4);;/q;;;;;;+1;. The summed E-state index contributed by atoms with van der Waals surface area (Å²) in [6.45, 7) is 10.2. The van der Waals surface area contributed by atoms with Crippen molar-refractivity contribution in [3.05, 3.63) is 202 Å². The van der Waals surface area contributed by atoms with Gasteiger partial charge in [0.1, 0.15) is 58.0 Å². The number of ether oxygens (including phenoxy) is 2. The molecule has 524 valence electrons. The van der Waals surface area contributed by atoms with Crippen molar-refractivity contribution >= 4 is 79.4 Å². The van der Waals surface area contributed by atoms with Gasteiger partial charge in [0, 0.05) is 48.9 Å². The molecule has 0 aliphatic carbocycles. The van der Waals surface area contributed by atoms with E-state index in [1.54, 1.807) is 48.5 Å². The van der Waals surface area contributed by atoms with Crippen molar-refractivity contribution in [2.75, 3.05) is 13.2 Å². The molecule has 7 aromatic rings. The first-order chi connectivity index (χ1) is 45.9. The number of nitrogens with zero attached hydrogens (tertiary/aromatic N) is 3. The molecule has 0 radical (unpaired) electrons. The predicted molar refractivity (Wildman–Crippen MR) is 355 cm³/mol. The summed E-state index contributed by atoms with van der Waals surface area (Å²) in [6.07, 6.45) is 15.6. The normalized spacial score (nSPS) is 10.6. The molecule has 0 aliphatic rings. The van der Waals surface area contributed by atoms with Crippen molar-refractivity contribution in [3.8, 4) is 41.0 Å². The summed E-state index contributed by atoms with van der Waals surface area (Å²) in [5.41, 5.74) is 1.83. The molecule has 2 unspecified atom stereocenters. The fourth-order valence-corrected chi connectivity index (χ4v) is 11.4. The van der Waals surface area contributed by atoms with Gasteiger partial charge in [-0.15, -0.1) is 5.26 Å². The zero-order valence-corrected chi connectivity index (χ0v) is 59.1. The van der Waals surface area contributed by atoms with Crippen LogP contribution in [0, 0.1) is 64.4 Å². The molecular formula is C66H73BBrF6N3O16P3Pd+. The topological polar surface area (TPSA) is 294 Å². The van der Waals surface area contributed by atoms with Gasteiger partial charge in [-0.1, -0.05) is 213 Å². The number of rotatable bonds is 28. The number of carbonyl (C=O) groups is 2. The molecule has 0 bridgehead atoms. The van der Waals surface area contributed by atoms with Crippen molar-refractivity contribution in [3.63, 3.8) is 0 Å². The van der Waals surface area contributed by atoms with Crippen LogP contribution in [0.15, 0.2) is 162 Å². The second-order valence-electron chi connectivity index (χ2n) is 19.5. The van der Waals surface area contributed by atoms with Gasteiger partial charge in [0.25, 0.3) is 11.9 Å². The Kier molecular flexibility index (Phi) is 49.6. The molecule has 0 spiro atoms. The van der Waals surface area contributed by atoms with E-state index < -0.39 is 76.5 Å². The minimum Gasteiger partial charge on any atom is -0.494 e. The van der Waals surface area contributed by atoms with E-state index in [9.17, 15) is 35.4 Å². The molecule has 7 rings (SSSR count). The van der Waals surface area contributed by atoms with E-state index >= 15 is 0 Å². The Morgan fingerprint density at radius 3 is 1.35 bits per heavy atom. The van der Waals surface area contributed by atoms with Gasteiger partial charge in [-0.25, -0.2) is 27.0 Å². The summed E-state index contributed by atoms with van der Waals surface area (Å²) in [7, 11) is -11.1. The van der Waals surface area contributed by atoms with Crippen LogP contribution in [0.5, 0.6) is 11.5 Å².